The molecule has 84 valence electrons. The molecule has 0 saturated heterocycles. The van der Waals surface area contributed by atoms with Crippen molar-refractivity contribution in [2.45, 2.75) is 0 Å². The van der Waals surface area contributed by atoms with Gasteiger partial charge in [-0.25, -0.2) is 9.78 Å². The van der Waals surface area contributed by atoms with E-state index in [1.807, 2.05) is 12.1 Å². The number of pyridine rings is 1. The molecule has 0 aromatic carbocycles. The summed E-state index contributed by atoms with van der Waals surface area (Å²) in [5.74, 6) is -0.963. The minimum Gasteiger partial charge on any atom is -0.478 e. The summed E-state index contributed by atoms with van der Waals surface area (Å²) in [6.45, 7) is 0. The summed E-state index contributed by atoms with van der Waals surface area (Å²) in [5, 5.41) is 16.6. The van der Waals surface area contributed by atoms with Gasteiger partial charge in [-0.1, -0.05) is 0 Å². The van der Waals surface area contributed by atoms with Crippen molar-refractivity contribution in [2.75, 3.05) is 0 Å². The number of carbonyl (C=O) groups is 1. The van der Waals surface area contributed by atoms with Crippen molar-refractivity contribution in [1.29, 1.82) is 0 Å². The Balaban J connectivity index is 2.17. The summed E-state index contributed by atoms with van der Waals surface area (Å²) >= 11 is 0. The van der Waals surface area contributed by atoms with E-state index in [4.69, 9.17) is 5.11 Å². The Kier molecular flexibility index (Phi) is 1.94. The number of aromatic carboxylic acids is 1. The van der Waals surface area contributed by atoms with Crippen LogP contribution >= 0.6 is 0 Å². The lowest BCUT2D eigenvalue weighted by Crippen LogP contribution is -1.91. The summed E-state index contributed by atoms with van der Waals surface area (Å²) in [4.78, 5) is 17.8. The van der Waals surface area contributed by atoms with E-state index in [2.05, 4.69) is 20.2 Å². The molecule has 3 aromatic rings. The number of nitrogens with one attached hydrogen (secondary N) is 2. The molecular weight excluding hydrogens is 220 g/mol. The lowest BCUT2D eigenvalue weighted by Gasteiger charge is -1.92. The maximum Gasteiger partial charge on any atom is 0.337 e. The Morgan fingerprint density at radius 3 is 3.06 bits per heavy atom. The zero-order valence-corrected chi connectivity index (χ0v) is 8.64. The first kappa shape index (κ1) is 9.59. The first-order valence-electron chi connectivity index (χ1n) is 4.97. The molecule has 0 aliphatic rings. The van der Waals surface area contributed by atoms with Crippen molar-refractivity contribution in [3.8, 4) is 11.4 Å². The van der Waals surface area contributed by atoms with E-state index < -0.39 is 5.97 Å². The number of hydrogen-bond acceptors (Lipinski definition) is 3. The van der Waals surface area contributed by atoms with Gasteiger partial charge in [0.05, 0.1) is 17.0 Å². The van der Waals surface area contributed by atoms with E-state index in [0.717, 1.165) is 11.1 Å². The van der Waals surface area contributed by atoms with Gasteiger partial charge >= 0.3 is 5.97 Å². The number of fused-ring (bicyclic) bond motifs is 1. The summed E-state index contributed by atoms with van der Waals surface area (Å²) in [7, 11) is 0. The van der Waals surface area contributed by atoms with Gasteiger partial charge in [-0.3, -0.25) is 5.10 Å². The molecule has 17 heavy (non-hydrogen) atoms. The van der Waals surface area contributed by atoms with Crippen LogP contribution in [0.3, 0.4) is 0 Å². The minimum absolute atomic E-state index is 0.214. The topological polar surface area (TPSA) is 94.7 Å². The van der Waals surface area contributed by atoms with Crippen LogP contribution in [0.4, 0.5) is 0 Å². The lowest BCUT2D eigenvalue weighted by molar-refractivity contribution is 0.0697. The van der Waals surface area contributed by atoms with Crippen LogP contribution in [0, 0.1) is 0 Å². The summed E-state index contributed by atoms with van der Waals surface area (Å²) in [5.41, 5.74) is 2.24. The lowest BCUT2D eigenvalue weighted by atomic mass is 10.2. The van der Waals surface area contributed by atoms with Gasteiger partial charge < -0.3 is 10.1 Å². The molecule has 0 fully saturated rings. The highest BCUT2D eigenvalue weighted by atomic mass is 16.4. The molecule has 0 bridgehead atoms. The monoisotopic (exact) mass is 228 g/mol. The Morgan fingerprint density at radius 1 is 1.41 bits per heavy atom. The third-order valence-electron chi connectivity index (χ3n) is 2.53. The molecule has 6 nitrogen and oxygen atoms in total. The Bertz CT molecular complexity index is 698. The van der Waals surface area contributed by atoms with Gasteiger partial charge in [0.25, 0.3) is 0 Å². The smallest absolute Gasteiger partial charge is 0.337 e. The van der Waals surface area contributed by atoms with Gasteiger partial charge in [-0.05, 0) is 18.2 Å². The van der Waals surface area contributed by atoms with Crippen molar-refractivity contribution in [2.24, 2.45) is 0 Å². The maximum atomic E-state index is 10.8. The van der Waals surface area contributed by atoms with Gasteiger partial charge in [0, 0.05) is 17.8 Å². The Hall–Kier alpha value is -2.63. The molecule has 3 heterocycles. The van der Waals surface area contributed by atoms with E-state index in [1.54, 1.807) is 12.3 Å². The third kappa shape index (κ3) is 1.46. The molecule has 0 aliphatic carbocycles. The van der Waals surface area contributed by atoms with Gasteiger partial charge in [0.2, 0.25) is 0 Å². The van der Waals surface area contributed by atoms with Crippen LogP contribution in [0.1, 0.15) is 10.4 Å². The average Bonchev–Trinajstić information content (AvgIpc) is 2.95. The molecule has 3 rings (SSSR count). The molecular formula is C11H8N4O2. The SMILES string of the molecule is O=C(O)c1c[nH]c(-c2[nH]nc3ncccc23)c1. The van der Waals surface area contributed by atoms with Crippen LogP contribution in [0.2, 0.25) is 0 Å². The van der Waals surface area contributed by atoms with E-state index in [9.17, 15) is 4.79 Å². The minimum atomic E-state index is -0.963. The van der Waals surface area contributed by atoms with E-state index >= 15 is 0 Å². The molecule has 0 aliphatic heterocycles. The standard InChI is InChI=1S/C11H8N4O2/c16-11(17)6-4-8(13-5-6)9-7-2-1-3-12-10(7)15-14-9/h1-5,13H,(H,16,17)(H,12,14,15). The second-order valence-corrected chi connectivity index (χ2v) is 3.58. The number of rotatable bonds is 2. The van der Waals surface area contributed by atoms with Crippen molar-refractivity contribution in [1.82, 2.24) is 20.2 Å². The number of aromatic amines is 2. The fourth-order valence-electron chi connectivity index (χ4n) is 1.72. The summed E-state index contributed by atoms with van der Waals surface area (Å²) in [6.07, 6.45) is 3.10. The molecule has 3 aromatic heterocycles. The molecule has 0 saturated carbocycles. The van der Waals surface area contributed by atoms with E-state index in [0.29, 0.717) is 11.3 Å². The van der Waals surface area contributed by atoms with Crippen LogP contribution in [-0.2, 0) is 0 Å². The zero-order valence-electron chi connectivity index (χ0n) is 8.64. The second-order valence-electron chi connectivity index (χ2n) is 3.58. The van der Waals surface area contributed by atoms with Crippen molar-refractivity contribution < 1.29 is 9.90 Å². The normalized spacial score (nSPS) is 10.8. The van der Waals surface area contributed by atoms with Crippen LogP contribution in [0.5, 0.6) is 0 Å². The summed E-state index contributed by atoms with van der Waals surface area (Å²) < 4.78 is 0. The first-order valence-corrected chi connectivity index (χ1v) is 4.97. The van der Waals surface area contributed by atoms with Gasteiger partial charge in [0.15, 0.2) is 5.65 Å². The summed E-state index contributed by atoms with van der Waals surface area (Å²) in [6, 6.07) is 5.24. The van der Waals surface area contributed by atoms with Crippen LogP contribution in [0.25, 0.3) is 22.4 Å². The maximum absolute atomic E-state index is 10.8. The first-order chi connectivity index (χ1) is 8.25. The van der Waals surface area contributed by atoms with Gasteiger partial charge in [-0.15, -0.1) is 0 Å². The van der Waals surface area contributed by atoms with Crippen LogP contribution < -0.4 is 0 Å². The Morgan fingerprint density at radius 2 is 2.29 bits per heavy atom. The van der Waals surface area contributed by atoms with Crippen LogP contribution in [0.15, 0.2) is 30.6 Å². The predicted molar refractivity (Wildman–Crippen MR) is 60.6 cm³/mol. The predicted octanol–water partition coefficient (Wildman–Crippen LogP) is 1.65. The number of nitrogens with zero attached hydrogens (tertiary/aromatic N) is 2. The zero-order chi connectivity index (χ0) is 11.8. The van der Waals surface area contributed by atoms with Crippen LogP contribution in [-0.4, -0.2) is 31.2 Å². The molecule has 0 atom stereocenters. The molecule has 0 amide bonds. The van der Waals surface area contributed by atoms with E-state index in [1.165, 1.54) is 6.20 Å². The van der Waals surface area contributed by atoms with Crippen molar-refractivity contribution in [3.63, 3.8) is 0 Å². The molecule has 6 heteroatoms. The quantitative estimate of drug-likeness (QED) is 0.621. The Labute approximate surface area is 95.3 Å². The number of carboxylic acid groups (broad SMARTS) is 1. The fourth-order valence-corrected chi connectivity index (χ4v) is 1.72. The number of aromatic nitrogens is 4. The van der Waals surface area contributed by atoms with E-state index in [-0.39, 0.29) is 5.56 Å². The highest BCUT2D eigenvalue weighted by Crippen LogP contribution is 2.24. The molecule has 0 spiro atoms. The van der Waals surface area contributed by atoms with Gasteiger partial charge in [0.1, 0.15) is 0 Å². The second kappa shape index (κ2) is 3.44. The number of H-pyrrole nitrogens is 2. The van der Waals surface area contributed by atoms with Gasteiger partial charge in [-0.2, -0.15) is 5.10 Å². The largest absolute Gasteiger partial charge is 0.478 e. The molecule has 3 N–H and O–H groups in total. The average molecular weight is 228 g/mol. The third-order valence-corrected chi connectivity index (χ3v) is 2.53. The highest BCUT2D eigenvalue weighted by Gasteiger charge is 2.12. The number of carboxylic acids is 1. The van der Waals surface area contributed by atoms with Crippen molar-refractivity contribution >= 4 is 17.0 Å². The highest BCUT2D eigenvalue weighted by molar-refractivity contribution is 5.93. The number of hydrogen-bond donors (Lipinski definition) is 3. The fraction of sp³-hybridized carbons (Fsp3) is 0. The van der Waals surface area contributed by atoms with Crippen molar-refractivity contribution in [3.05, 3.63) is 36.2 Å². The molecule has 0 radical (unpaired) electrons. The molecule has 0 unspecified atom stereocenters.